The van der Waals surface area contributed by atoms with E-state index in [4.69, 9.17) is 5.26 Å². The second kappa shape index (κ2) is 5.84. The normalized spacial score (nSPS) is 12.7. The minimum absolute atomic E-state index is 0.0787. The number of nitriles is 1. The molecule has 0 aromatic heterocycles. The molecule has 0 amide bonds. The smallest absolute Gasteiger partial charge is 0.253 e. The van der Waals surface area contributed by atoms with Crippen LogP contribution in [0.15, 0.2) is 27.8 Å². The Morgan fingerprint density at radius 2 is 1.83 bits per heavy atom. The monoisotopic (exact) mass is 315 g/mol. The zero-order valence-corrected chi connectivity index (χ0v) is 13.5. The largest absolute Gasteiger partial charge is 0.374 e. The Hall–Kier alpha value is -2.68. The van der Waals surface area contributed by atoms with Gasteiger partial charge in [0, 0.05) is 5.69 Å². The summed E-state index contributed by atoms with van der Waals surface area (Å²) < 4.78 is 13.9. The molecule has 0 bridgehead atoms. The first-order chi connectivity index (χ1) is 10.7. The highest BCUT2D eigenvalue weighted by Crippen LogP contribution is 2.27. The maximum atomic E-state index is 13.9. The lowest BCUT2D eigenvalue weighted by atomic mass is 10.0. The number of halogens is 1. The number of nitrogens with zero attached hydrogens (tertiary/aromatic N) is 1. The van der Waals surface area contributed by atoms with E-state index in [2.05, 4.69) is 16.7 Å². The van der Waals surface area contributed by atoms with Gasteiger partial charge in [0.2, 0.25) is 0 Å². The first kappa shape index (κ1) is 16.7. The summed E-state index contributed by atoms with van der Waals surface area (Å²) in [7, 11) is 0. The first-order valence-corrected chi connectivity index (χ1v) is 7.22. The van der Waals surface area contributed by atoms with Crippen LogP contribution in [0.25, 0.3) is 0 Å². The fourth-order valence-electron chi connectivity index (χ4n) is 2.06. The predicted octanol–water partition coefficient (Wildman–Crippen LogP) is 2.75. The van der Waals surface area contributed by atoms with Gasteiger partial charge in [0.1, 0.15) is 17.0 Å². The van der Waals surface area contributed by atoms with Crippen LogP contribution in [0.1, 0.15) is 31.9 Å². The van der Waals surface area contributed by atoms with Crippen molar-refractivity contribution < 1.29 is 4.39 Å². The zero-order chi connectivity index (χ0) is 17.4. The van der Waals surface area contributed by atoms with Crippen molar-refractivity contribution in [2.75, 3.05) is 10.6 Å². The van der Waals surface area contributed by atoms with Gasteiger partial charge < -0.3 is 10.6 Å². The standard InChI is InChI=1S/C17H18FN3O2/c1-9-11(8-19)6-5-7-12(9)21-14-13(15(22)16(14)23)20-10(2)17(3,4)18/h5-7,10,20-21H,1-4H3. The highest BCUT2D eigenvalue weighted by Gasteiger charge is 2.29. The van der Waals surface area contributed by atoms with E-state index < -0.39 is 22.6 Å². The van der Waals surface area contributed by atoms with Gasteiger partial charge >= 0.3 is 0 Å². The third kappa shape index (κ3) is 3.09. The maximum Gasteiger partial charge on any atom is 0.253 e. The summed E-state index contributed by atoms with van der Waals surface area (Å²) in [5.74, 6) is 0. The second-order valence-corrected chi connectivity index (χ2v) is 6.05. The van der Waals surface area contributed by atoms with Crippen molar-refractivity contribution in [3.8, 4) is 6.07 Å². The summed E-state index contributed by atoms with van der Waals surface area (Å²) in [5, 5.41) is 14.7. The van der Waals surface area contributed by atoms with Crippen molar-refractivity contribution >= 4 is 17.1 Å². The van der Waals surface area contributed by atoms with E-state index in [1.807, 2.05) is 0 Å². The van der Waals surface area contributed by atoms with Gasteiger partial charge in [-0.2, -0.15) is 5.26 Å². The molecule has 0 heterocycles. The molecule has 0 radical (unpaired) electrons. The minimum Gasteiger partial charge on any atom is -0.374 e. The number of anilines is 3. The molecule has 23 heavy (non-hydrogen) atoms. The van der Waals surface area contributed by atoms with Gasteiger partial charge in [-0.3, -0.25) is 9.59 Å². The van der Waals surface area contributed by atoms with E-state index in [9.17, 15) is 14.0 Å². The molecule has 0 saturated heterocycles. The molecule has 1 atom stereocenters. The van der Waals surface area contributed by atoms with Crippen LogP contribution in [0.2, 0.25) is 0 Å². The molecule has 0 aliphatic heterocycles. The summed E-state index contributed by atoms with van der Waals surface area (Å²) in [5.41, 5.74) is -0.982. The van der Waals surface area contributed by atoms with E-state index in [-0.39, 0.29) is 11.4 Å². The molecule has 0 saturated carbocycles. The Bertz CT molecular complexity index is 852. The molecule has 0 aliphatic rings. The average Bonchev–Trinajstić information content (AvgIpc) is 2.50. The highest BCUT2D eigenvalue weighted by molar-refractivity contribution is 5.80. The molecule has 5 nitrogen and oxygen atoms in total. The summed E-state index contributed by atoms with van der Waals surface area (Å²) in [6, 6.07) is 6.46. The van der Waals surface area contributed by atoms with Crippen LogP contribution in [-0.4, -0.2) is 11.7 Å². The van der Waals surface area contributed by atoms with Crippen LogP contribution in [0.4, 0.5) is 21.5 Å². The molecular weight excluding hydrogens is 297 g/mol. The average molecular weight is 315 g/mol. The third-order valence-electron chi connectivity index (χ3n) is 4.01. The van der Waals surface area contributed by atoms with Crippen LogP contribution in [0, 0.1) is 18.3 Å². The van der Waals surface area contributed by atoms with Gasteiger partial charge in [-0.1, -0.05) is 6.07 Å². The van der Waals surface area contributed by atoms with Crippen molar-refractivity contribution in [3.63, 3.8) is 0 Å². The lowest BCUT2D eigenvalue weighted by Crippen LogP contribution is -2.43. The number of nitrogens with one attached hydrogen (secondary N) is 2. The van der Waals surface area contributed by atoms with Gasteiger partial charge in [-0.05, 0) is 45.4 Å². The van der Waals surface area contributed by atoms with E-state index in [1.165, 1.54) is 13.8 Å². The number of benzene rings is 1. The van der Waals surface area contributed by atoms with Crippen molar-refractivity contribution in [2.45, 2.75) is 39.4 Å². The molecule has 1 unspecified atom stereocenters. The van der Waals surface area contributed by atoms with Gasteiger partial charge in [-0.15, -0.1) is 0 Å². The molecule has 2 aromatic carbocycles. The van der Waals surface area contributed by atoms with Crippen LogP contribution in [0.5, 0.6) is 0 Å². The van der Waals surface area contributed by atoms with Crippen molar-refractivity contribution in [2.24, 2.45) is 0 Å². The number of hydrogen-bond donors (Lipinski definition) is 2. The van der Waals surface area contributed by atoms with E-state index in [0.29, 0.717) is 16.8 Å². The number of hydrogen-bond acceptors (Lipinski definition) is 5. The topological polar surface area (TPSA) is 82.0 Å². The third-order valence-corrected chi connectivity index (χ3v) is 4.01. The Labute approximate surface area is 133 Å². The van der Waals surface area contributed by atoms with E-state index >= 15 is 0 Å². The fraction of sp³-hybridized carbons (Fsp3) is 0.353. The molecular formula is C17H18FN3O2. The second-order valence-electron chi connectivity index (χ2n) is 6.05. The van der Waals surface area contributed by atoms with Crippen molar-refractivity contribution in [1.82, 2.24) is 0 Å². The molecule has 120 valence electrons. The lowest BCUT2D eigenvalue weighted by Gasteiger charge is -2.27. The molecule has 0 fully saturated rings. The molecule has 6 heteroatoms. The predicted molar refractivity (Wildman–Crippen MR) is 88.8 cm³/mol. The van der Waals surface area contributed by atoms with Crippen molar-refractivity contribution in [1.29, 1.82) is 5.26 Å². The van der Waals surface area contributed by atoms with Crippen LogP contribution >= 0.6 is 0 Å². The summed E-state index contributed by atoms with van der Waals surface area (Å²) in [6.07, 6.45) is 0. The quantitative estimate of drug-likeness (QED) is 0.829. The minimum atomic E-state index is -1.55. The highest BCUT2D eigenvalue weighted by atomic mass is 19.1. The molecule has 0 aliphatic carbocycles. The molecule has 2 rings (SSSR count). The van der Waals surface area contributed by atoms with E-state index in [0.717, 1.165) is 0 Å². The molecule has 2 N–H and O–H groups in total. The first-order valence-electron chi connectivity index (χ1n) is 7.22. The van der Waals surface area contributed by atoms with Gasteiger partial charge in [-0.25, -0.2) is 4.39 Å². The van der Waals surface area contributed by atoms with Crippen LogP contribution in [0.3, 0.4) is 0 Å². The van der Waals surface area contributed by atoms with Gasteiger partial charge in [0.25, 0.3) is 10.9 Å². The Balaban J connectivity index is 2.33. The van der Waals surface area contributed by atoms with Gasteiger partial charge in [0.15, 0.2) is 0 Å². The summed E-state index contributed by atoms with van der Waals surface area (Å²) in [4.78, 5) is 23.6. The Morgan fingerprint density at radius 1 is 1.22 bits per heavy atom. The van der Waals surface area contributed by atoms with Crippen LogP contribution < -0.4 is 21.5 Å². The molecule has 2 aromatic rings. The summed E-state index contributed by atoms with van der Waals surface area (Å²) in [6.45, 7) is 6.13. The Morgan fingerprint density at radius 3 is 2.39 bits per heavy atom. The Kier molecular flexibility index (Phi) is 4.24. The number of alkyl halides is 1. The van der Waals surface area contributed by atoms with Crippen molar-refractivity contribution in [3.05, 3.63) is 49.8 Å². The maximum absolute atomic E-state index is 13.9. The SMILES string of the molecule is Cc1c(C#N)cccc1Nc1c(NC(C)C(C)(C)F)c(=O)c1=O. The molecule has 0 spiro atoms. The lowest BCUT2D eigenvalue weighted by molar-refractivity contribution is 0.192. The number of rotatable bonds is 5. The fourth-order valence-corrected chi connectivity index (χ4v) is 2.06. The van der Waals surface area contributed by atoms with E-state index in [1.54, 1.807) is 32.0 Å². The van der Waals surface area contributed by atoms with Crippen LogP contribution in [-0.2, 0) is 0 Å². The van der Waals surface area contributed by atoms with Gasteiger partial charge in [0.05, 0.1) is 17.7 Å². The summed E-state index contributed by atoms with van der Waals surface area (Å²) >= 11 is 0. The zero-order valence-electron chi connectivity index (χ0n) is 13.5.